The van der Waals surface area contributed by atoms with Gasteiger partial charge < -0.3 is 10.1 Å². The molecule has 1 amide bonds. The summed E-state index contributed by atoms with van der Waals surface area (Å²) in [4.78, 5) is 11.6. The maximum atomic E-state index is 12.9. The van der Waals surface area contributed by atoms with Crippen molar-refractivity contribution in [1.82, 2.24) is 0 Å². The van der Waals surface area contributed by atoms with Crippen molar-refractivity contribution in [2.45, 2.75) is 18.2 Å². The second-order valence-corrected chi connectivity index (χ2v) is 8.24. The molecule has 142 valence electrons. The number of benzene rings is 3. The molecule has 1 heterocycles. The number of fused-ring (bicyclic) bond motifs is 1. The van der Waals surface area contributed by atoms with E-state index in [2.05, 4.69) is 10.0 Å². The van der Waals surface area contributed by atoms with Crippen molar-refractivity contribution in [3.8, 4) is 11.5 Å². The Labute approximate surface area is 163 Å². The lowest BCUT2D eigenvalue weighted by atomic mass is 10.2. The fraction of sp³-hybridized carbons (Fsp3) is 0.0952. The van der Waals surface area contributed by atoms with Crippen molar-refractivity contribution < 1.29 is 17.9 Å². The third-order valence-corrected chi connectivity index (χ3v) is 5.76. The van der Waals surface area contributed by atoms with Crippen LogP contribution in [-0.2, 0) is 21.2 Å². The highest BCUT2D eigenvalue weighted by molar-refractivity contribution is 7.92. The molecule has 0 spiro atoms. The Balaban J connectivity index is 1.61. The lowest BCUT2D eigenvalue weighted by Gasteiger charge is -2.14. The van der Waals surface area contributed by atoms with Crippen molar-refractivity contribution >= 4 is 27.3 Å². The van der Waals surface area contributed by atoms with E-state index in [9.17, 15) is 13.2 Å². The Bertz CT molecular complexity index is 1160. The number of carbonyl (C=O) groups is 1. The number of hydrogen-bond donors (Lipinski definition) is 2. The predicted molar refractivity (Wildman–Crippen MR) is 107 cm³/mol. The normalized spacial score (nSPS) is 13.0. The van der Waals surface area contributed by atoms with Crippen LogP contribution < -0.4 is 14.8 Å². The predicted octanol–water partition coefficient (Wildman–Crippen LogP) is 4.08. The van der Waals surface area contributed by atoms with Gasteiger partial charge in [-0.2, -0.15) is 0 Å². The largest absolute Gasteiger partial charge is 0.455 e. The van der Waals surface area contributed by atoms with Crippen LogP contribution in [0.25, 0.3) is 0 Å². The van der Waals surface area contributed by atoms with Gasteiger partial charge in [-0.25, -0.2) is 8.42 Å². The molecular weight excluding hydrogens is 376 g/mol. The topological polar surface area (TPSA) is 84.5 Å². The van der Waals surface area contributed by atoms with Crippen molar-refractivity contribution in [2.75, 3.05) is 10.0 Å². The molecule has 0 saturated carbocycles. The van der Waals surface area contributed by atoms with E-state index in [0.717, 1.165) is 5.56 Å². The van der Waals surface area contributed by atoms with Gasteiger partial charge in [-0.15, -0.1) is 0 Å². The number of aryl methyl sites for hydroxylation is 1. The van der Waals surface area contributed by atoms with E-state index >= 15 is 0 Å². The van der Waals surface area contributed by atoms with Crippen LogP contribution in [0.1, 0.15) is 11.1 Å². The zero-order valence-electron chi connectivity index (χ0n) is 15.1. The Morgan fingerprint density at radius 1 is 1.00 bits per heavy atom. The molecule has 0 fully saturated rings. The van der Waals surface area contributed by atoms with Gasteiger partial charge in [-0.1, -0.05) is 29.8 Å². The Hall–Kier alpha value is -3.32. The second-order valence-electron chi connectivity index (χ2n) is 6.56. The van der Waals surface area contributed by atoms with E-state index in [1.165, 1.54) is 12.1 Å². The van der Waals surface area contributed by atoms with E-state index in [0.29, 0.717) is 28.4 Å². The van der Waals surface area contributed by atoms with E-state index in [4.69, 9.17) is 4.74 Å². The maximum Gasteiger partial charge on any atom is 0.262 e. The molecule has 28 heavy (non-hydrogen) atoms. The summed E-state index contributed by atoms with van der Waals surface area (Å²) in [7, 11) is -3.84. The van der Waals surface area contributed by atoms with Gasteiger partial charge >= 0.3 is 0 Å². The number of sulfonamides is 1. The first kappa shape index (κ1) is 18.1. The molecule has 0 aliphatic carbocycles. The third-order valence-electron chi connectivity index (χ3n) is 4.39. The summed E-state index contributed by atoms with van der Waals surface area (Å²) in [5.41, 5.74) is 2.74. The molecule has 3 aromatic rings. The number of ether oxygens (including phenoxy) is 1. The fourth-order valence-electron chi connectivity index (χ4n) is 2.95. The molecule has 1 aliphatic heterocycles. The first-order valence-corrected chi connectivity index (χ1v) is 10.2. The average molecular weight is 394 g/mol. The molecule has 0 aromatic heterocycles. The highest BCUT2D eigenvalue weighted by atomic mass is 32.2. The van der Waals surface area contributed by atoms with Gasteiger partial charge in [0.15, 0.2) is 5.75 Å². The molecule has 0 radical (unpaired) electrons. The summed E-state index contributed by atoms with van der Waals surface area (Å²) in [5.74, 6) is 0.863. The number of hydrogen-bond acceptors (Lipinski definition) is 4. The first-order chi connectivity index (χ1) is 13.4. The number of para-hydroxylation sites is 2. The SMILES string of the molecule is Cc1ccc(Oc2ccccc2NS(=O)(=O)c2ccc3c(c2)CC(=O)N3)cc1. The van der Waals surface area contributed by atoms with Crippen LogP contribution in [0, 0.1) is 6.92 Å². The maximum absolute atomic E-state index is 12.9. The third kappa shape index (κ3) is 3.70. The summed E-state index contributed by atoms with van der Waals surface area (Å²) >= 11 is 0. The van der Waals surface area contributed by atoms with Gasteiger partial charge in [0, 0.05) is 5.69 Å². The summed E-state index contributed by atoms with van der Waals surface area (Å²) in [5, 5.41) is 2.69. The lowest BCUT2D eigenvalue weighted by Crippen LogP contribution is -2.13. The number of amides is 1. The van der Waals surface area contributed by atoms with Crippen LogP contribution in [0.15, 0.2) is 71.6 Å². The van der Waals surface area contributed by atoms with E-state index < -0.39 is 10.0 Å². The highest BCUT2D eigenvalue weighted by Crippen LogP contribution is 2.32. The van der Waals surface area contributed by atoms with Gasteiger partial charge in [0.1, 0.15) is 5.75 Å². The lowest BCUT2D eigenvalue weighted by molar-refractivity contribution is -0.115. The van der Waals surface area contributed by atoms with Crippen LogP contribution in [0.5, 0.6) is 11.5 Å². The van der Waals surface area contributed by atoms with Crippen LogP contribution in [0.4, 0.5) is 11.4 Å². The van der Waals surface area contributed by atoms with Crippen molar-refractivity contribution in [1.29, 1.82) is 0 Å². The minimum absolute atomic E-state index is 0.0906. The molecule has 4 rings (SSSR count). The van der Waals surface area contributed by atoms with Crippen molar-refractivity contribution in [2.24, 2.45) is 0 Å². The quantitative estimate of drug-likeness (QED) is 0.683. The molecular formula is C21H18N2O4S. The smallest absolute Gasteiger partial charge is 0.262 e. The summed E-state index contributed by atoms with van der Waals surface area (Å²) in [6, 6.07) is 18.9. The molecule has 0 saturated heterocycles. The van der Waals surface area contributed by atoms with Gasteiger partial charge in [0.05, 0.1) is 17.0 Å². The molecule has 2 N–H and O–H groups in total. The van der Waals surface area contributed by atoms with Crippen LogP contribution in [0.2, 0.25) is 0 Å². The zero-order chi connectivity index (χ0) is 19.7. The summed E-state index contributed by atoms with van der Waals surface area (Å²) < 4.78 is 34.2. The zero-order valence-corrected chi connectivity index (χ0v) is 15.9. The molecule has 0 unspecified atom stereocenters. The van der Waals surface area contributed by atoms with Crippen LogP contribution in [0.3, 0.4) is 0 Å². The summed E-state index contributed by atoms with van der Waals surface area (Å²) in [6.07, 6.45) is 0.172. The average Bonchev–Trinajstić information content (AvgIpc) is 3.04. The Morgan fingerprint density at radius 3 is 2.54 bits per heavy atom. The van der Waals surface area contributed by atoms with Crippen molar-refractivity contribution in [3.05, 3.63) is 77.9 Å². The standard InChI is InChI=1S/C21H18N2O4S/c1-14-6-8-16(9-7-14)27-20-5-3-2-4-19(20)23-28(25,26)17-10-11-18-15(12-17)13-21(24)22-18/h2-12,23H,13H2,1H3,(H,22,24). The van der Waals surface area contributed by atoms with Crippen LogP contribution in [-0.4, -0.2) is 14.3 Å². The minimum atomic E-state index is -3.84. The Morgan fingerprint density at radius 2 is 1.75 bits per heavy atom. The molecule has 1 aliphatic rings. The second kappa shape index (κ2) is 7.01. The Kier molecular flexibility index (Phi) is 4.52. The number of rotatable bonds is 5. The monoisotopic (exact) mass is 394 g/mol. The first-order valence-electron chi connectivity index (χ1n) is 8.70. The van der Waals surface area contributed by atoms with Crippen molar-refractivity contribution in [3.63, 3.8) is 0 Å². The molecule has 3 aromatic carbocycles. The van der Waals surface area contributed by atoms with Gasteiger partial charge in [0.25, 0.3) is 10.0 Å². The minimum Gasteiger partial charge on any atom is -0.455 e. The molecule has 0 atom stereocenters. The fourth-order valence-corrected chi connectivity index (χ4v) is 4.07. The van der Waals surface area contributed by atoms with Gasteiger partial charge in [0.2, 0.25) is 5.91 Å². The molecule has 7 heteroatoms. The van der Waals surface area contributed by atoms with Crippen LogP contribution >= 0.6 is 0 Å². The van der Waals surface area contributed by atoms with E-state index in [1.807, 2.05) is 31.2 Å². The van der Waals surface area contributed by atoms with E-state index in [1.54, 1.807) is 30.3 Å². The number of carbonyl (C=O) groups excluding carboxylic acids is 1. The number of anilines is 2. The van der Waals surface area contributed by atoms with Gasteiger partial charge in [-0.05, 0) is 55.0 Å². The molecule has 6 nitrogen and oxygen atoms in total. The van der Waals surface area contributed by atoms with Gasteiger partial charge in [-0.3, -0.25) is 9.52 Å². The highest BCUT2D eigenvalue weighted by Gasteiger charge is 2.22. The number of nitrogens with one attached hydrogen (secondary N) is 2. The molecule has 0 bridgehead atoms. The summed E-state index contributed by atoms with van der Waals surface area (Å²) in [6.45, 7) is 1.98. The van der Waals surface area contributed by atoms with E-state index in [-0.39, 0.29) is 17.2 Å².